The van der Waals surface area contributed by atoms with Gasteiger partial charge in [0.1, 0.15) is 0 Å². The van der Waals surface area contributed by atoms with E-state index in [-0.39, 0.29) is 44.3 Å². The molecule has 0 saturated heterocycles. The van der Waals surface area contributed by atoms with Gasteiger partial charge in [-0.2, -0.15) is 6.08 Å². The number of hydrogen-bond donors (Lipinski definition) is 0. The zero-order valence-electron chi connectivity index (χ0n) is 18.9. The minimum atomic E-state index is -3.83. The predicted molar refractivity (Wildman–Crippen MR) is 117 cm³/mol. The van der Waals surface area contributed by atoms with Crippen molar-refractivity contribution < 1.29 is 39.4 Å². The Bertz CT molecular complexity index is 304. The summed E-state index contributed by atoms with van der Waals surface area (Å²) >= 11 is -2.59. The topological polar surface area (TPSA) is 71.4 Å². The van der Waals surface area contributed by atoms with E-state index in [0.717, 1.165) is 25.7 Å². The minimum absolute atomic E-state index is 0. The molecule has 28 heavy (non-hydrogen) atoms. The summed E-state index contributed by atoms with van der Waals surface area (Å²) in [5, 5.41) is -3.83. The van der Waals surface area contributed by atoms with Gasteiger partial charge in [0.15, 0.2) is 0 Å². The van der Waals surface area contributed by atoms with Gasteiger partial charge in [0.05, 0.1) is 0 Å². The van der Waals surface area contributed by atoms with Crippen molar-refractivity contribution in [1.82, 2.24) is 0 Å². The molecule has 0 spiro atoms. The van der Waals surface area contributed by atoms with Crippen molar-refractivity contribution in [3.63, 3.8) is 0 Å². The molecule has 0 aromatic heterocycles. The monoisotopic (exact) mass is 544 g/mol. The zero-order chi connectivity index (χ0) is 22.5. The third kappa shape index (κ3) is 56.3. The third-order valence-electron chi connectivity index (χ3n) is 2.99. The van der Waals surface area contributed by atoms with Crippen LogP contribution in [0, 0.1) is 6.08 Å². The number of alkyl halides is 3. The first-order valence-corrected chi connectivity index (χ1v) is 14.7. The van der Waals surface area contributed by atoms with Crippen LogP contribution in [0.2, 0.25) is 11.5 Å². The van der Waals surface area contributed by atoms with Crippen molar-refractivity contribution >= 4 is 14.3 Å². The Hall–Kier alpha value is 0.576. The summed E-state index contributed by atoms with van der Waals surface area (Å²) in [6.45, 7) is 11.7. The molecular weight excluding hydrogens is 503 g/mol. The first-order chi connectivity index (χ1) is 12.3. The number of allylic oxidation sites excluding steroid dienone is 4. The molecule has 0 bridgehead atoms. The maximum absolute atomic E-state index is 11.3. The van der Waals surface area contributed by atoms with Crippen LogP contribution in [0.1, 0.15) is 67.2 Å². The minimum Gasteiger partial charge on any atom is 4.00 e. The Morgan fingerprint density at radius 1 is 0.893 bits per heavy atom. The molecule has 8 heteroatoms. The van der Waals surface area contributed by atoms with Crippen molar-refractivity contribution in [3.05, 3.63) is 41.5 Å². The van der Waals surface area contributed by atoms with Gasteiger partial charge < -0.3 is 17.2 Å². The molecule has 1 rings (SSSR count). The van der Waals surface area contributed by atoms with Crippen LogP contribution in [-0.2, 0) is 26.2 Å². The van der Waals surface area contributed by atoms with Gasteiger partial charge in [-0.15, -0.1) is 24.5 Å². The molecule has 3 nitrogen and oxygen atoms in total. The molecule has 0 amide bonds. The number of halogens is 3. The molecule has 165 valence electrons. The Morgan fingerprint density at radius 3 is 1.18 bits per heavy atom. The molecule has 3 unspecified atom stereocenters. The number of nitrogens with one attached hydrogen (secondary N) is 3. The maximum atomic E-state index is 11.3. The Morgan fingerprint density at radius 2 is 1.14 bits per heavy atom. The Kier molecular flexibility index (Phi) is 38.5. The summed E-state index contributed by atoms with van der Waals surface area (Å²) in [7, 11) is 0. The van der Waals surface area contributed by atoms with E-state index in [0.29, 0.717) is 0 Å². The van der Waals surface area contributed by atoms with Crippen molar-refractivity contribution in [2.45, 2.75) is 102 Å². The second-order valence-corrected chi connectivity index (χ2v) is 11.8. The molecule has 0 aromatic rings. The zero-order valence-corrected chi connectivity index (χ0v) is 23.5. The Labute approximate surface area is 196 Å². The first-order valence-electron chi connectivity index (χ1n) is 9.48. The standard InChI is InChI=1S/C5H5.3C4H10N.C3H6F3Ge.Zr/c1-2-4-5-3-1;3*1-3-4(2)5;1-7(2)3(4,5)6;/h1-3H,4H2;3*4-5H,3H2,1-2H3;1-2H3;/q4*-1;;+4. The van der Waals surface area contributed by atoms with E-state index in [1.54, 1.807) is 0 Å². The first kappa shape index (κ1) is 39.1. The van der Waals surface area contributed by atoms with Gasteiger partial charge in [0, 0.05) is 0 Å². The van der Waals surface area contributed by atoms with Gasteiger partial charge in [0.2, 0.25) is 0 Å². The van der Waals surface area contributed by atoms with E-state index in [4.69, 9.17) is 17.2 Å². The van der Waals surface area contributed by atoms with Crippen molar-refractivity contribution in [2.75, 3.05) is 0 Å². The molecule has 0 aliphatic heterocycles. The predicted octanol–water partition coefficient (Wildman–Crippen LogP) is 8.66. The molecular formula is C20H41F3GeN3Zr. The van der Waals surface area contributed by atoms with E-state index in [1.165, 1.54) is 11.5 Å². The van der Waals surface area contributed by atoms with Gasteiger partial charge in [-0.05, 0) is 0 Å². The van der Waals surface area contributed by atoms with E-state index < -0.39 is 19.4 Å². The molecule has 0 saturated carbocycles. The summed E-state index contributed by atoms with van der Waals surface area (Å²) in [5.41, 5.74) is 20.5. The van der Waals surface area contributed by atoms with Crippen LogP contribution >= 0.6 is 0 Å². The quantitative estimate of drug-likeness (QED) is 0.252. The third-order valence-corrected chi connectivity index (χ3v) is 5.37. The second-order valence-electron chi connectivity index (χ2n) is 6.43. The van der Waals surface area contributed by atoms with Gasteiger partial charge in [-0.3, -0.25) is 6.08 Å². The van der Waals surface area contributed by atoms with E-state index in [9.17, 15) is 13.2 Å². The van der Waals surface area contributed by atoms with Gasteiger partial charge in [-0.1, -0.05) is 60.8 Å². The fraction of sp³-hybridized carbons (Fsp3) is 0.800. The van der Waals surface area contributed by atoms with Crippen LogP contribution in [0.25, 0.3) is 17.2 Å². The van der Waals surface area contributed by atoms with E-state index in [2.05, 4.69) is 12.2 Å². The van der Waals surface area contributed by atoms with Crippen molar-refractivity contribution in [3.8, 4) is 0 Å². The summed E-state index contributed by atoms with van der Waals surface area (Å²) in [6, 6.07) is 0.403. The van der Waals surface area contributed by atoms with Crippen molar-refractivity contribution in [1.29, 1.82) is 0 Å². The van der Waals surface area contributed by atoms with Crippen LogP contribution < -0.4 is 0 Å². The summed E-state index contributed by atoms with van der Waals surface area (Å²) in [6.07, 6.45) is 12.9. The fourth-order valence-electron chi connectivity index (χ4n) is 0.340. The van der Waals surface area contributed by atoms with Gasteiger partial charge in [0.25, 0.3) is 0 Å². The molecule has 0 fully saturated rings. The smallest absolute Gasteiger partial charge is 4.00 e. The molecule has 0 heterocycles. The molecule has 1 aliphatic carbocycles. The number of hydrogen-bond acceptors (Lipinski definition) is 0. The van der Waals surface area contributed by atoms with E-state index in [1.807, 2.05) is 53.7 Å². The van der Waals surface area contributed by atoms with Crippen LogP contribution in [0.3, 0.4) is 0 Å². The van der Waals surface area contributed by atoms with Gasteiger partial charge in [-0.25, -0.2) is 12.2 Å². The molecule has 3 atom stereocenters. The van der Waals surface area contributed by atoms with E-state index >= 15 is 0 Å². The number of rotatable bonds is 3. The van der Waals surface area contributed by atoms with Crippen LogP contribution in [-0.4, -0.2) is 37.5 Å². The summed E-state index contributed by atoms with van der Waals surface area (Å²) < 4.78 is 33.8. The molecule has 3 N–H and O–H groups in total. The van der Waals surface area contributed by atoms with Crippen LogP contribution in [0.5, 0.6) is 0 Å². The summed E-state index contributed by atoms with van der Waals surface area (Å²) in [4.78, 5) is 0. The fourth-order valence-corrected chi connectivity index (χ4v) is 0.340. The average molecular weight is 544 g/mol. The second kappa shape index (κ2) is 27.6. The van der Waals surface area contributed by atoms with Crippen LogP contribution in [0.4, 0.5) is 13.2 Å². The largest absolute Gasteiger partial charge is 4.00 e. The SMILES string of the molecule is CCC(C)[NH-].CCC(C)[NH-].CCC(C)[NH-].[C-]1=CC=CC1.[CH3][Ge]([CH3])[C](F)(F)F.[Zr+4]. The molecule has 1 radical (unpaired) electrons. The molecule has 1 aliphatic rings. The average Bonchev–Trinajstić information content (AvgIpc) is 3.15. The summed E-state index contributed by atoms with van der Waals surface area (Å²) in [5.74, 6) is 2.58. The van der Waals surface area contributed by atoms with Crippen LogP contribution in [0.15, 0.2) is 18.2 Å². The molecule has 0 aromatic carbocycles. The van der Waals surface area contributed by atoms with Crippen molar-refractivity contribution in [2.24, 2.45) is 0 Å². The normalized spacial score (nSPS) is 14.4. The van der Waals surface area contributed by atoms with Gasteiger partial charge >= 0.3 is 70.2 Å². The Balaban J connectivity index is -0.0000000786. The maximum Gasteiger partial charge on any atom is 4.00 e.